The van der Waals surface area contributed by atoms with Gasteiger partial charge in [0.1, 0.15) is 6.04 Å². The number of carbonyl (C=O) groups is 1. The number of carboxylic acids is 1. The molecule has 2 aromatic rings. The second kappa shape index (κ2) is 6.53. The number of aromatic nitrogens is 2. The van der Waals surface area contributed by atoms with Gasteiger partial charge < -0.3 is 10.0 Å². The van der Waals surface area contributed by atoms with Gasteiger partial charge in [-0.25, -0.2) is 9.97 Å². The Morgan fingerprint density at radius 3 is 2.23 bits per heavy atom. The van der Waals surface area contributed by atoms with Crippen LogP contribution in [0.15, 0.2) is 48.8 Å². The van der Waals surface area contributed by atoms with Crippen molar-refractivity contribution in [3.05, 3.63) is 54.4 Å². The molecule has 1 aromatic heterocycles. The number of rotatable bonds is 4. The van der Waals surface area contributed by atoms with Crippen molar-refractivity contribution in [2.75, 3.05) is 31.1 Å². The van der Waals surface area contributed by atoms with E-state index in [1.54, 1.807) is 18.5 Å². The summed E-state index contributed by atoms with van der Waals surface area (Å²) >= 11 is 0. The largest absolute Gasteiger partial charge is 0.480 e. The van der Waals surface area contributed by atoms with E-state index in [1.807, 2.05) is 35.2 Å². The van der Waals surface area contributed by atoms with Crippen LogP contribution in [-0.4, -0.2) is 52.1 Å². The highest BCUT2D eigenvalue weighted by atomic mass is 16.4. The van der Waals surface area contributed by atoms with E-state index in [0.29, 0.717) is 19.0 Å². The Balaban J connectivity index is 1.70. The summed E-state index contributed by atoms with van der Waals surface area (Å²) in [6.45, 7) is 2.79. The number of hydrogen-bond acceptors (Lipinski definition) is 5. The van der Waals surface area contributed by atoms with Crippen molar-refractivity contribution in [2.45, 2.75) is 6.04 Å². The highest BCUT2D eigenvalue weighted by molar-refractivity contribution is 5.75. The fourth-order valence-electron chi connectivity index (χ4n) is 2.78. The number of anilines is 1. The second-order valence-corrected chi connectivity index (χ2v) is 5.22. The van der Waals surface area contributed by atoms with Crippen LogP contribution in [0.2, 0.25) is 0 Å². The zero-order valence-corrected chi connectivity index (χ0v) is 12.2. The van der Waals surface area contributed by atoms with Crippen molar-refractivity contribution in [1.29, 1.82) is 0 Å². The maximum absolute atomic E-state index is 11.7. The van der Waals surface area contributed by atoms with E-state index < -0.39 is 12.0 Å². The van der Waals surface area contributed by atoms with Gasteiger partial charge in [0.25, 0.3) is 0 Å². The molecule has 6 nitrogen and oxygen atoms in total. The highest BCUT2D eigenvalue weighted by Gasteiger charge is 2.30. The molecule has 0 amide bonds. The third kappa shape index (κ3) is 3.07. The Morgan fingerprint density at radius 1 is 1.00 bits per heavy atom. The molecule has 0 bridgehead atoms. The molecule has 1 atom stereocenters. The van der Waals surface area contributed by atoms with Gasteiger partial charge in [-0.3, -0.25) is 9.69 Å². The molecule has 114 valence electrons. The SMILES string of the molecule is O=C(O)C(c1ccccc1)N1CCN(c2ncccn2)CC1. The molecule has 1 N–H and O–H groups in total. The minimum absolute atomic E-state index is 0.597. The van der Waals surface area contributed by atoms with Crippen LogP contribution in [-0.2, 0) is 4.79 Å². The van der Waals surface area contributed by atoms with Gasteiger partial charge in [-0.1, -0.05) is 30.3 Å². The van der Waals surface area contributed by atoms with Crippen LogP contribution >= 0.6 is 0 Å². The van der Waals surface area contributed by atoms with Crippen LogP contribution in [0.25, 0.3) is 0 Å². The minimum atomic E-state index is -0.810. The summed E-state index contributed by atoms with van der Waals surface area (Å²) in [7, 11) is 0. The first kappa shape index (κ1) is 14.5. The van der Waals surface area contributed by atoms with E-state index in [-0.39, 0.29) is 0 Å². The van der Waals surface area contributed by atoms with E-state index in [9.17, 15) is 9.90 Å². The Bertz CT molecular complexity index is 613. The average molecular weight is 298 g/mol. The van der Waals surface area contributed by atoms with Gasteiger partial charge in [-0.15, -0.1) is 0 Å². The van der Waals surface area contributed by atoms with Crippen molar-refractivity contribution in [2.24, 2.45) is 0 Å². The van der Waals surface area contributed by atoms with Crippen LogP contribution in [0.1, 0.15) is 11.6 Å². The standard InChI is InChI=1S/C16H18N4O2/c21-15(22)14(13-5-2-1-3-6-13)19-9-11-20(12-10-19)16-17-7-4-8-18-16/h1-8,14H,9-12H2,(H,21,22). The third-order valence-electron chi connectivity index (χ3n) is 3.86. The van der Waals surface area contributed by atoms with Gasteiger partial charge in [-0.2, -0.15) is 0 Å². The second-order valence-electron chi connectivity index (χ2n) is 5.22. The van der Waals surface area contributed by atoms with Crippen LogP contribution in [0, 0.1) is 0 Å². The number of benzene rings is 1. The molecule has 3 rings (SSSR count). The first-order valence-electron chi connectivity index (χ1n) is 7.29. The highest BCUT2D eigenvalue weighted by Crippen LogP contribution is 2.23. The van der Waals surface area contributed by atoms with E-state index in [0.717, 1.165) is 18.7 Å². The van der Waals surface area contributed by atoms with E-state index in [2.05, 4.69) is 14.9 Å². The molecular weight excluding hydrogens is 280 g/mol. The molecule has 1 aliphatic rings. The summed E-state index contributed by atoms with van der Waals surface area (Å²) < 4.78 is 0. The maximum Gasteiger partial charge on any atom is 0.325 e. The molecule has 0 radical (unpaired) electrons. The summed E-state index contributed by atoms with van der Waals surface area (Å²) in [6, 6.07) is 10.6. The molecule has 0 aliphatic carbocycles. The lowest BCUT2D eigenvalue weighted by Gasteiger charge is -2.37. The minimum Gasteiger partial charge on any atom is -0.480 e. The van der Waals surface area contributed by atoms with E-state index >= 15 is 0 Å². The van der Waals surface area contributed by atoms with Gasteiger partial charge in [0, 0.05) is 38.6 Å². The molecule has 1 aliphatic heterocycles. The lowest BCUT2D eigenvalue weighted by molar-refractivity contribution is -0.143. The van der Waals surface area contributed by atoms with Gasteiger partial charge in [0.2, 0.25) is 5.95 Å². The van der Waals surface area contributed by atoms with Gasteiger partial charge in [-0.05, 0) is 11.6 Å². The summed E-state index contributed by atoms with van der Waals surface area (Å²) in [5.74, 6) is -0.107. The van der Waals surface area contributed by atoms with Gasteiger partial charge in [0.05, 0.1) is 0 Å². The first-order valence-corrected chi connectivity index (χ1v) is 7.29. The predicted molar refractivity (Wildman–Crippen MR) is 82.6 cm³/mol. The molecule has 0 saturated carbocycles. The lowest BCUT2D eigenvalue weighted by atomic mass is 10.0. The summed E-state index contributed by atoms with van der Waals surface area (Å²) in [6.07, 6.45) is 3.44. The van der Waals surface area contributed by atoms with Gasteiger partial charge >= 0.3 is 5.97 Å². The monoisotopic (exact) mass is 298 g/mol. The molecular formula is C16H18N4O2. The zero-order chi connectivity index (χ0) is 15.4. The first-order chi connectivity index (χ1) is 10.8. The summed E-state index contributed by atoms with van der Waals surface area (Å²) in [5, 5.41) is 9.58. The zero-order valence-electron chi connectivity index (χ0n) is 12.2. The Hall–Kier alpha value is -2.47. The molecule has 1 fully saturated rings. The topological polar surface area (TPSA) is 69.6 Å². The van der Waals surface area contributed by atoms with Crippen molar-refractivity contribution in [3.8, 4) is 0 Å². The van der Waals surface area contributed by atoms with Crippen molar-refractivity contribution in [3.63, 3.8) is 0 Å². The molecule has 1 saturated heterocycles. The molecule has 0 spiro atoms. The average Bonchev–Trinajstić information content (AvgIpc) is 2.57. The van der Waals surface area contributed by atoms with Crippen LogP contribution < -0.4 is 4.90 Å². The summed E-state index contributed by atoms with van der Waals surface area (Å²) in [4.78, 5) is 24.2. The van der Waals surface area contributed by atoms with Crippen molar-refractivity contribution in [1.82, 2.24) is 14.9 Å². The molecule has 6 heteroatoms. The number of hydrogen-bond donors (Lipinski definition) is 1. The summed E-state index contributed by atoms with van der Waals surface area (Å²) in [5.41, 5.74) is 0.819. The van der Waals surface area contributed by atoms with E-state index in [1.165, 1.54) is 0 Å². The molecule has 1 unspecified atom stereocenters. The van der Waals surface area contributed by atoms with Crippen LogP contribution in [0.3, 0.4) is 0 Å². The van der Waals surface area contributed by atoms with Crippen LogP contribution in [0.5, 0.6) is 0 Å². The smallest absolute Gasteiger partial charge is 0.325 e. The lowest BCUT2D eigenvalue weighted by Crippen LogP contribution is -2.49. The normalized spacial score (nSPS) is 17.2. The molecule has 2 heterocycles. The van der Waals surface area contributed by atoms with Crippen molar-refractivity contribution < 1.29 is 9.90 Å². The molecule has 22 heavy (non-hydrogen) atoms. The fourth-order valence-corrected chi connectivity index (χ4v) is 2.78. The number of nitrogens with zero attached hydrogens (tertiary/aromatic N) is 4. The Labute approximate surface area is 129 Å². The Kier molecular flexibility index (Phi) is 4.29. The fraction of sp³-hybridized carbons (Fsp3) is 0.312. The van der Waals surface area contributed by atoms with Gasteiger partial charge in [0.15, 0.2) is 0 Å². The number of aliphatic carboxylic acids is 1. The maximum atomic E-state index is 11.7. The number of carboxylic acid groups (broad SMARTS) is 1. The van der Waals surface area contributed by atoms with Crippen LogP contribution in [0.4, 0.5) is 5.95 Å². The van der Waals surface area contributed by atoms with Crippen molar-refractivity contribution >= 4 is 11.9 Å². The third-order valence-corrected chi connectivity index (χ3v) is 3.86. The van der Waals surface area contributed by atoms with E-state index in [4.69, 9.17) is 0 Å². The molecule has 1 aromatic carbocycles. The quantitative estimate of drug-likeness (QED) is 0.920. The Morgan fingerprint density at radius 2 is 1.64 bits per heavy atom. The predicted octanol–water partition coefficient (Wildman–Crippen LogP) is 1.42. The number of piperazine rings is 1.